The molecule has 0 radical (unpaired) electrons. The third-order valence-corrected chi connectivity index (χ3v) is 1.59. The van der Waals surface area contributed by atoms with Crippen molar-refractivity contribution in [2.45, 2.75) is 39.5 Å². The lowest BCUT2D eigenvalue weighted by Crippen LogP contribution is -1.96. The van der Waals surface area contributed by atoms with Crippen molar-refractivity contribution < 1.29 is 9.53 Å². The van der Waals surface area contributed by atoms with E-state index in [1.165, 1.54) is 26.2 Å². The molecule has 0 fully saturated rings. The Morgan fingerprint density at radius 1 is 1.43 bits per heavy atom. The topological polar surface area (TPSA) is 26.3 Å². The Balaban J connectivity index is 3.35. The molecule has 2 nitrogen and oxygen atoms in total. The quantitative estimate of drug-likeness (QED) is 0.382. The largest absolute Gasteiger partial charge is 0.462 e. The van der Waals surface area contributed by atoms with Crippen LogP contribution in [0.2, 0.25) is 0 Å². The van der Waals surface area contributed by atoms with E-state index in [0.717, 1.165) is 6.42 Å². The second-order valence-electron chi connectivity index (χ2n) is 2.98. The zero-order valence-electron chi connectivity index (χ0n) is 9.01. The summed E-state index contributed by atoms with van der Waals surface area (Å²) in [6.07, 6.45) is 8.06. The highest BCUT2D eigenvalue weighted by Gasteiger charge is 1.85. The Morgan fingerprint density at radius 2 is 2.21 bits per heavy atom. The fraction of sp³-hybridized carbons (Fsp3) is 0.583. The minimum atomic E-state index is -0.259. The molecule has 0 aromatic heterocycles. The van der Waals surface area contributed by atoms with Gasteiger partial charge in [0.05, 0.1) is 0 Å². The van der Waals surface area contributed by atoms with Gasteiger partial charge in [0.2, 0.25) is 0 Å². The highest BCUT2D eigenvalue weighted by Crippen LogP contribution is 1.96. The average molecular weight is 194 g/mol. The summed E-state index contributed by atoms with van der Waals surface area (Å²) in [6.45, 7) is 3.88. The number of allylic oxidation sites excluding steroid dienone is 1. The summed E-state index contributed by atoms with van der Waals surface area (Å²) in [5.74, 6) is 5.67. The first-order valence-corrected chi connectivity index (χ1v) is 5.04. The van der Waals surface area contributed by atoms with Gasteiger partial charge in [0.1, 0.15) is 6.61 Å². The maximum atomic E-state index is 10.4. The summed E-state index contributed by atoms with van der Waals surface area (Å²) >= 11 is 0. The molecule has 0 N–H and O–H groups in total. The Hall–Kier alpha value is -1.23. The maximum Gasteiger partial charge on any atom is 0.302 e. The summed E-state index contributed by atoms with van der Waals surface area (Å²) in [7, 11) is 0. The summed E-state index contributed by atoms with van der Waals surface area (Å²) in [5, 5.41) is 0. The highest BCUT2D eigenvalue weighted by atomic mass is 16.5. The van der Waals surface area contributed by atoms with Gasteiger partial charge in [-0.2, -0.15) is 0 Å². The molecule has 0 unspecified atom stereocenters. The van der Waals surface area contributed by atoms with Crippen LogP contribution >= 0.6 is 0 Å². The van der Waals surface area contributed by atoms with E-state index in [1.54, 1.807) is 12.2 Å². The molecule has 0 saturated heterocycles. The monoisotopic (exact) mass is 194 g/mol. The van der Waals surface area contributed by atoms with Crippen molar-refractivity contribution in [1.29, 1.82) is 0 Å². The van der Waals surface area contributed by atoms with Crippen LogP contribution in [-0.4, -0.2) is 12.6 Å². The first-order chi connectivity index (χ1) is 6.77. The zero-order chi connectivity index (χ0) is 10.6. The summed E-state index contributed by atoms with van der Waals surface area (Å²) < 4.78 is 4.69. The van der Waals surface area contributed by atoms with Crippen molar-refractivity contribution in [3.63, 3.8) is 0 Å². The smallest absolute Gasteiger partial charge is 0.302 e. The van der Waals surface area contributed by atoms with Crippen LogP contribution in [0.1, 0.15) is 39.5 Å². The zero-order valence-corrected chi connectivity index (χ0v) is 9.01. The number of hydrogen-bond acceptors (Lipinski definition) is 2. The fourth-order valence-corrected chi connectivity index (χ4v) is 0.867. The van der Waals surface area contributed by atoms with E-state index in [9.17, 15) is 4.79 Å². The van der Waals surface area contributed by atoms with Crippen molar-refractivity contribution >= 4 is 5.97 Å². The molecule has 0 aliphatic carbocycles. The van der Waals surface area contributed by atoms with Gasteiger partial charge in [-0.1, -0.05) is 31.6 Å². The second kappa shape index (κ2) is 9.85. The van der Waals surface area contributed by atoms with Crippen LogP contribution < -0.4 is 0 Å². The van der Waals surface area contributed by atoms with Crippen LogP contribution in [0.5, 0.6) is 0 Å². The molecule has 0 aromatic carbocycles. The fourth-order valence-electron chi connectivity index (χ4n) is 0.867. The van der Waals surface area contributed by atoms with Crippen molar-refractivity contribution in [2.75, 3.05) is 6.61 Å². The Morgan fingerprint density at radius 3 is 2.86 bits per heavy atom. The average Bonchev–Trinajstić information content (AvgIpc) is 2.15. The SMILES string of the molecule is CCCCCC#CC=CCOC(C)=O. The predicted molar refractivity (Wildman–Crippen MR) is 57.7 cm³/mol. The molecule has 14 heavy (non-hydrogen) atoms. The Bertz CT molecular complexity index is 230. The van der Waals surface area contributed by atoms with Gasteiger partial charge in [0.25, 0.3) is 0 Å². The van der Waals surface area contributed by atoms with Gasteiger partial charge < -0.3 is 4.74 Å². The summed E-state index contributed by atoms with van der Waals surface area (Å²) in [4.78, 5) is 10.4. The van der Waals surface area contributed by atoms with Gasteiger partial charge in [-0.3, -0.25) is 4.79 Å². The van der Waals surface area contributed by atoms with Crippen molar-refractivity contribution in [1.82, 2.24) is 0 Å². The van der Waals surface area contributed by atoms with Crippen LogP contribution in [0, 0.1) is 11.8 Å². The first kappa shape index (κ1) is 12.8. The number of hydrogen-bond donors (Lipinski definition) is 0. The molecule has 0 amide bonds. The minimum absolute atomic E-state index is 0.259. The van der Waals surface area contributed by atoms with E-state index < -0.39 is 0 Å². The van der Waals surface area contributed by atoms with Gasteiger partial charge in [-0.25, -0.2) is 0 Å². The molecule has 0 aromatic rings. The number of rotatable bonds is 5. The Kier molecular flexibility index (Phi) is 8.99. The molecule has 0 rings (SSSR count). The van der Waals surface area contributed by atoms with Crippen molar-refractivity contribution in [3.05, 3.63) is 12.2 Å². The van der Waals surface area contributed by atoms with E-state index in [4.69, 9.17) is 4.74 Å². The number of carbonyl (C=O) groups is 1. The lowest BCUT2D eigenvalue weighted by atomic mass is 10.2. The third-order valence-electron chi connectivity index (χ3n) is 1.59. The summed E-state index contributed by atoms with van der Waals surface area (Å²) in [6, 6.07) is 0. The molecule has 78 valence electrons. The molecule has 0 aliphatic heterocycles. The molecule has 0 saturated carbocycles. The van der Waals surface area contributed by atoms with Gasteiger partial charge in [0.15, 0.2) is 0 Å². The van der Waals surface area contributed by atoms with Crippen LogP contribution in [-0.2, 0) is 9.53 Å². The molecule has 0 spiro atoms. The van der Waals surface area contributed by atoms with Gasteiger partial charge in [-0.05, 0) is 18.6 Å². The second-order valence-corrected chi connectivity index (χ2v) is 2.98. The molecule has 0 atom stereocenters. The van der Waals surface area contributed by atoms with E-state index in [0.29, 0.717) is 6.61 Å². The minimum Gasteiger partial charge on any atom is -0.462 e. The van der Waals surface area contributed by atoms with Gasteiger partial charge >= 0.3 is 5.97 Å². The predicted octanol–water partition coefficient (Wildman–Crippen LogP) is 2.69. The summed E-state index contributed by atoms with van der Waals surface area (Å²) in [5.41, 5.74) is 0. The Labute approximate surface area is 86.3 Å². The van der Waals surface area contributed by atoms with Crippen LogP contribution in [0.25, 0.3) is 0 Å². The van der Waals surface area contributed by atoms with Crippen molar-refractivity contribution in [2.24, 2.45) is 0 Å². The lowest BCUT2D eigenvalue weighted by molar-refractivity contribution is -0.139. The lowest BCUT2D eigenvalue weighted by Gasteiger charge is -1.92. The number of carbonyl (C=O) groups excluding carboxylic acids is 1. The van der Waals surface area contributed by atoms with E-state index in [1.807, 2.05) is 0 Å². The highest BCUT2D eigenvalue weighted by molar-refractivity contribution is 5.66. The molecular weight excluding hydrogens is 176 g/mol. The van der Waals surface area contributed by atoms with E-state index in [-0.39, 0.29) is 5.97 Å². The number of esters is 1. The maximum absolute atomic E-state index is 10.4. The van der Waals surface area contributed by atoms with Crippen LogP contribution in [0.3, 0.4) is 0 Å². The number of unbranched alkanes of at least 4 members (excludes halogenated alkanes) is 3. The molecule has 0 heterocycles. The van der Waals surface area contributed by atoms with Gasteiger partial charge in [-0.15, -0.1) is 0 Å². The van der Waals surface area contributed by atoms with Crippen molar-refractivity contribution in [3.8, 4) is 11.8 Å². The van der Waals surface area contributed by atoms with Gasteiger partial charge in [0, 0.05) is 13.3 Å². The van der Waals surface area contributed by atoms with E-state index >= 15 is 0 Å². The third kappa shape index (κ3) is 10.8. The molecule has 0 aliphatic rings. The first-order valence-electron chi connectivity index (χ1n) is 5.04. The molecule has 0 bridgehead atoms. The normalized spacial score (nSPS) is 9.57. The van der Waals surface area contributed by atoms with Crippen LogP contribution in [0.15, 0.2) is 12.2 Å². The molecule has 2 heteroatoms. The number of ether oxygens (including phenoxy) is 1. The standard InChI is InChI=1S/C12H18O2/c1-3-4-5-6-7-8-9-10-11-14-12(2)13/h9-10H,3-6,11H2,1-2H3. The van der Waals surface area contributed by atoms with Crippen LogP contribution in [0.4, 0.5) is 0 Å². The molecular formula is C12H18O2. The van der Waals surface area contributed by atoms with E-state index in [2.05, 4.69) is 18.8 Å².